The summed E-state index contributed by atoms with van der Waals surface area (Å²) in [6.07, 6.45) is 4.70. The highest BCUT2D eigenvalue weighted by molar-refractivity contribution is 7.98. The molecule has 30 heavy (non-hydrogen) atoms. The van der Waals surface area contributed by atoms with Crippen molar-refractivity contribution in [3.63, 3.8) is 0 Å². The normalized spacial score (nSPS) is 10.8. The van der Waals surface area contributed by atoms with E-state index in [1.807, 2.05) is 48.8 Å². The topological polar surface area (TPSA) is 94.5 Å². The van der Waals surface area contributed by atoms with Crippen molar-refractivity contribution in [1.29, 1.82) is 0 Å². The number of aryl methyl sites for hydroxylation is 1. The first kappa shape index (κ1) is 19.9. The highest BCUT2D eigenvalue weighted by atomic mass is 32.2. The number of hydrogen-bond donors (Lipinski definition) is 2. The monoisotopic (exact) mass is 417 g/mol. The van der Waals surface area contributed by atoms with E-state index in [0.29, 0.717) is 17.5 Å². The molecule has 0 aliphatic carbocycles. The van der Waals surface area contributed by atoms with E-state index in [1.54, 1.807) is 11.8 Å². The molecule has 8 heteroatoms. The molecule has 0 fully saturated rings. The summed E-state index contributed by atoms with van der Waals surface area (Å²) < 4.78 is 2.11. The van der Waals surface area contributed by atoms with E-state index >= 15 is 0 Å². The van der Waals surface area contributed by atoms with Crippen LogP contribution in [0.2, 0.25) is 0 Å². The molecule has 0 unspecified atom stereocenters. The van der Waals surface area contributed by atoms with Gasteiger partial charge in [-0.25, -0.2) is 4.98 Å². The van der Waals surface area contributed by atoms with Crippen LogP contribution in [0, 0.1) is 0 Å². The maximum absolute atomic E-state index is 5.93. The maximum Gasteiger partial charge on any atom is 0.232 e. The van der Waals surface area contributed by atoms with Gasteiger partial charge in [0.25, 0.3) is 0 Å². The summed E-state index contributed by atoms with van der Waals surface area (Å²) in [5.41, 5.74) is 9.32. The number of nitrogens with zero attached hydrogens (tertiary/aromatic N) is 5. The van der Waals surface area contributed by atoms with E-state index in [1.165, 1.54) is 11.1 Å². The standard InChI is InChI=1S/C22H23N7S/c1-2-17-10-6-7-11-18(17)25-21-27-19(26-20(23)28-21)15-30-22-24-12-13-29(22)14-16-8-4-3-5-9-16/h3-13H,2,14-15H2,1H3,(H3,23,25,26,27,28). The second kappa shape index (κ2) is 9.41. The summed E-state index contributed by atoms with van der Waals surface area (Å²) in [4.78, 5) is 17.5. The van der Waals surface area contributed by atoms with Gasteiger partial charge in [-0.15, -0.1) is 0 Å². The molecule has 3 N–H and O–H groups in total. The van der Waals surface area contributed by atoms with Crippen molar-refractivity contribution in [3.05, 3.63) is 83.9 Å². The largest absolute Gasteiger partial charge is 0.368 e. The second-order valence-corrected chi connectivity index (χ2v) is 7.62. The first-order valence-corrected chi connectivity index (χ1v) is 10.7. The summed E-state index contributed by atoms with van der Waals surface area (Å²) in [5.74, 6) is 1.80. The van der Waals surface area contributed by atoms with Gasteiger partial charge in [0.05, 0.1) is 5.75 Å². The molecule has 2 heterocycles. The summed E-state index contributed by atoms with van der Waals surface area (Å²) in [6.45, 7) is 2.88. The summed E-state index contributed by atoms with van der Waals surface area (Å²) in [5, 5.41) is 4.18. The fourth-order valence-electron chi connectivity index (χ4n) is 3.09. The molecule has 0 radical (unpaired) electrons. The molecule has 2 aromatic carbocycles. The third-order valence-electron chi connectivity index (χ3n) is 4.55. The molecular formula is C22H23N7S. The van der Waals surface area contributed by atoms with Gasteiger partial charge in [0.1, 0.15) is 5.82 Å². The van der Waals surface area contributed by atoms with Crippen LogP contribution in [0.15, 0.2) is 72.1 Å². The predicted molar refractivity (Wildman–Crippen MR) is 121 cm³/mol. The van der Waals surface area contributed by atoms with Crippen LogP contribution in [0.25, 0.3) is 0 Å². The molecular weight excluding hydrogens is 394 g/mol. The average Bonchev–Trinajstić information content (AvgIpc) is 3.20. The van der Waals surface area contributed by atoms with Crippen LogP contribution in [-0.2, 0) is 18.7 Å². The van der Waals surface area contributed by atoms with Crippen molar-refractivity contribution < 1.29 is 0 Å². The highest BCUT2D eigenvalue weighted by Gasteiger charge is 2.10. The van der Waals surface area contributed by atoms with E-state index in [2.05, 4.69) is 54.9 Å². The number of hydrogen-bond acceptors (Lipinski definition) is 7. The molecule has 0 spiro atoms. The van der Waals surface area contributed by atoms with Gasteiger partial charge in [-0.1, -0.05) is 67.2 Å². The highest BCUT2D eigenvalue weighted by Crippen LogP contribution is 2.23. The fourth-order valence-corrected chi connectivity index (χ4v) is 3.91. The zero-order valence-corrected chi connectivity index (χ0v) is 17.5. The van der Waals surface area contributed by atoms with Gasteiger partial charge in [0, 0.05) is 24.6 Å². The molecule has 0 aliphatic rings. The minimum atomic E-state index is 0.199. The molecule has 0 saturated carbocycles. The SMILES string of the molecule is CCc1ccccc1Nc1nc(N)nc(CSc2nccn2Cc2ccccc2)n1. The van der Waals surface area contributed by atoms with Gasteiger partial charge in [-0.05, 0) is 23.6 Å². The number of rotatable bonds is 8. The van der Waals surface area contributed by atoms with Crippen LogP contribution >= 0.6 is 11.8 Å². The Morgan fingerprint density at radius 3 is 2.63 bits per heavy atom. The second-order valence-electron chi connectivity index (χ2n) is 6.68. The van der Waals surface area contributed by atoms with E-state index in [9.17, 15) is 0 Å². The Labute approximate surface area is 179 Å². The lowest BCUT2D eigenvalue weighted by molar-refractivity contribution is 0.708. The maximum atomic E-state index is 5.93. The number of para-hydroxylation sites is 1. The molecule has 4 aromatic rings. The number of aromatic nitrogens is 5. The molecule has 4 rings (SSSR count). The Morgan fingerprint density at radius 1 is 1.00 bits per heavy atom. The predicted octanol–water partition coefficient (Wildman–Crippen LogP) is 4.30. The van der Waals surface area contributed by atoms with Gasteiger partial charge in [-0.3, -0.25) is 0 Å². The van der Waals surface area contributed by atoms with Gasteiger partial charge in [0.2, 0.25) is 11.9 Å². The van der Waals surface area contributed by atoms with E-state index < -0.39 is 0 Å². The number of anilines is 3. The number of nitrogens with one attached hydrogen (secondary N) is 1. The number of nitrogens with two attached hydrogens (primary N) is 1. The number of benzene rings is 2. The van der Waals surface area contributed by atoms with Crippen molar-refractivity contribution in [1.82, 2.24) is 24.5 Å². The zero-order valence-electron chi connectivity index (χ0n) is 16.7. The van der Waals surface area contributed by atoms with Crippen molar-refractivity contribution in [3.8, 4) is 0 Å². The van der Waals surface area contributed by atoms with Crippen LogP contribution in [0.4, 0.5) is 17.6 Å². The first-order chi connectivity index (χ1) is 14.7. The minimum Gasteiger partial charge on any atom is -0.368 e. The molecule has 152 valence electrons. The number of nitrogen functional groups attached to an aromatic ring is 1. The molecule has 7 nitrogen and oxygen atoms in total. The van der Waals surface area contributed by atoms with Crippen molar-refractivity contribution in [2.45, 2.75) is 30.8 Å². The fraction of sp³-hybridized carbons (Fsp3) is 0.182. The molecule has 2 aromatic heterocycles. The molecule has 0 aliphatic heterocycles. The quantitative estimate of drug-likeness (QED) is 0.413. The minimum absolute atomic E-state index is 0.199. The van der Waals surface area contributed by atoms with Crippen LogP contribution in [-0.4, -0.2) is 24.5 Å². The smallest absolute Gasteiger partial charge is 0.232 e. The van der Waals surface area contributed by atoms with E-state index in [0.717, 1.165) is 23.8 Å². The summed E-state index contributed by atoms with van der Waals surface area (Å²) in [6, 6.07) is 18.4. The molecule has 0 atom stereocenters. The first-order valence-electron chi connectivity index (χ1n) is 9.74. The van der Waals surface area contributed by atoms with Gasteiger partial charge < -0.3 is 15.6 Å². The van der Waals surface area contributed by atoms with E-state index in [4.69, 9.17) is 5.73 Å². The van der Waals surface area contributed by atoms with Crippen LogP contribution in [0.1, 0.15) is 23.9 Å². The Balaban J connectivity index is 1.47. The Hall–Kier alpha value is -3.39. The molecule has 0 saturated heterocycles. The van der Waals surface area contributed by atoms with Crippen LogP contribution in [0.5, 0.6) is 0 Å². The van der Waals surface area contributed by atoms with Crippen molar-refractivity contribution in [2.75, 3.05) is 11.1 Å². The lowest BCUT2D eigenvalue weighted by atomic mass is 10.1. The lowest BCUT2D eigenvalue weighted by Gasteiger charge is -2.11. The van der Waals surface area contributed by atoms with Crippen molar-refractivity contribution in [2.24, 2.45) is 0 Å². The Morgan fingerprint density at radius 2 is 1.80 bits per heavy atom. The summed E-state index contributed by atoms with van der Waals surface area (Å²) >= 11 is 1.57. The zero-order chi connectivity index (χ0) is 20.8. The van der Waals surface area contributed by atoms with Gasteiger partial charge >= 0.3 is 0 Å². The van der Waals surface area contributed by atoms with Crippen LogP contribution < -0.4 is 11.1 Å². The van der Waals surface area contributed by atoms with Crippen molar-refractivity contribution >= 4 is 29.3 Å². The number of imidazole rings is 1. The molecule has 0 amide bonds. The van der Waals surface area contributed by atoms with Crippen LogP contribution in [0.3, 0.4) is 0 Å². The average molecular weight is 418 g/mol. The number of thioether (sulfide) groups is 1. The summed E-state index contributed by atoms with van der Waals surface area (Å²) in [7, 11) is 0. The Kier molecular flexibility index (Phi) is 6.24. The van der Waals surface area contributed by atoms with E-state index in [-0.39, 0.29) is 5.95 Å². The third kappa shape index (κ3) is 4.96. The van der Waals surface area contributed by atoms with Gasteiger partial charge in [0.15, 0.2) is 5.16 Å². The third-order valence-corrected chi connectivity index (χ3v) is 5.55. The lowest BCUT2D eigenvalue weighted by Crippen LogP contribution is -2.08. The van der Waals surface area contributed by atoms with Gasteiger partial charge in [-0.2, -0.15) is 15.0 Å². The Bertz CT molecular complexity index is 1110. The molecule has 0 bridgehead atoms.